The lowest BCUT2D eigenvalue weighted by Gasteiger charge is -2.24. The van der Waals surface area contributed by atoms with E-state index < -0.39 is 24.1 Å². The van der Waals surface area contributed by atoms with Crippen molar-refractivity contribution in [2.45, 2.75) is 57.0 Å². The first-order chi connectivity index (χ1) is 10.8. The van der Waals surface area contributed by atoms with Gasteiger partial charge in [-0.1, -0.05) is 12.7 Å². The van der Waals surface area contributed by atoms with Crippen molar-refractivity contribution < 1.29 is 28.9 Å². The standard InChI is InChI=1S/C17H22O6/c1-9-15-12(19)6-11(8-21-10(2)18)4-5-14-17(3,23-14)7-13(15)22-16(9)20/h6,12-15,19H,1,4-5,7-8H2,2-3H3/b11-6+/t12-,13+,14-,15+,17+/m1/s1. The zero-order valence-corrected chi connectivity index (χ0v) is 13.4. The number of hydrogen-bond acceptors (Lipinski definition) is 6. The lowest BCUT2D eigenvalue weighted by atomic mass is 9.83. The highest BCUT2D eigenvalue weighted by atomic mass is 16.6. The fraction of sp³-hybridized carbons (Fsp3) is 0.647. The van der Waals surface area contributed by atoms with Gasteiger partial charge < -0.3 is 19.3 Å². The summed E-state index contributed by atoms with van der Waals surface area (Å²) in [5.74, 6) is -1.32. The Hall–Kier alpha value is -1.66. The fourth-order valence-corrected chi connectivity index (χ4v) is 3.54. The molecule has 2 fully saturated rings. The molecule has 6 nitrogen and oxygen atoms in total. The highest BCUT2D eigenvalue weighted by molar-refractivity contribution is 5.91. The van der Waals surface area contributed by atoms with Gasteiger partial charge >= 0.3 is 11.9 Å². The summed E-state index contributed by atoms with van der Waals surface area (Å²) < 4.78 is 16.2. The number of hydrogen-bond donors (Lipinski definition) is 1. The van der Waals surface area contributed by atoms with Gasteiger partial charge in [-0.05, 0) is 25.3 Å². The molecule has 2 heterocycles. The number of aliphatic hydroxyl groups is 1. The second kappa shape index (κ2) is 5.76. The third-order valence-electron chi connectivity index (χ3n) is 4.93. The predicted molar refractivity (Wildman–Crippen MR) is 80.4 cm³/mol. The van der Waals surface area contributed by atoms with Crippen LogP contribution in [0.1, 0.15) is 33.1 Å². The average molecular weight is 322 g/mol. The van der Waals surface area contributed by atoms with Crippen LogP contribution in [0.5, 0.6) is 0 Å². The van der Waals surface area contributed by atoms with E-state index in [2.05, 4.69) is 6.58 Å². The van der Waals surface area contributed by atoms with Crippen LogP contribution < -0.4 is 0 Å². The van der Waals surface area contributed by atoms with Gasteiger partial charge in [0.2, 0.25) is 0 Å². The van der Waals surface area contributed by atoms with Crippen LogP contribution in [0.3, 0.4) is 0 Å². The van der Waals surface area contributed by atoms with E-state index in [4.69, 9.17) is 14.2 Å². The van der Waals surface area contributed by atoms with E-state index in [-0.39, 0.29) is 29.9 Å². The molecule has 2 saturated heterocycles. The van der Waals surface area contributed by atoms with E-state index >= 15 is 0 Å². The fourth-order valence-electron chi connectivity index (χ4n) is 3.54. The number of carbonyl (C=O) groups is 2. The highest BCUT2D eigenvalue weighted by Gasteiger charge is 2.56. The van der Waals surface area contributed by atoms with Crippen LogP contribution in [0, 0.1) is 5.92 Å². The van der Waals surface area contributed by atoms with E-state index in [1.807, 2.05) is 6.92 Å². The van der Waals surface area contributed by atoms with Crippen LogP contribution in [0.25, 0.3) is 0 Å². The smallest absolute Gasteiger partial charge is 0.334 e. The maximum absolute atomic E-state index is 11.8. The van der Waals surface area contributed by atoms with Gasteiger partial charge in [-0.25, -0.2) is 4.79 Å². The SMILES string of the molecule is C=C1C(=O)O[C@H]2C[C@]3(C)O[C@@H]3CC/C(COC(C)=O)=C\[C@@H](O)[C@H]12. The number of fused-ring (bicyclic) bond motifs is 2. The molecule has 3 rings (SSSR count). The Balaban J connectivity index is 1.85. The zero-order chi connectivity index (χ0) is 16.8. The quantitative estimate of drug-likeness (QED) is 0.357. The molecule has 0 bridgehead atoms. The number of aliphatic hydroxyl groups excluding tert-OH is 1. The summed E-state index contributed by atoms with van der Waals surface area (Å²) in [6.07, 6.45) is 2.42. The molecule has 5 atom stereocenters. The van der Waals surface area contributed by atoms with E-state index in [0.717, 1.165) is 12.0 Å². The molecule has 0 amide bonds. The van der Waals surface area contributed by atoms with Crippen LogP contribution in [0.4, 0.5) is 0 Å². The van der Waals surface area contributed by atoms with Gasteiger partial charge in [0, 0.05) is 18.9 Å². The third kappa shape index (κ3) is 3.19. The Labute approximate surface area is 135 Å². The molecule has 126 valence electrons. The molecule has 0 aromatic heterocycles. The largest absolute Gasteiger partial charge is 0.461 e. The normalized spacial score (nSPS) is 42.0. The van der Waals surface area contributed by atoms with Gasteiger partial charge in [-0.3, -0.25) is 4.79 Å². The molecule has 1 aliphatic carbocycles. The lowest BCUT2D eigenvalue weighted by Crippen LogP contribution is -2.33. The predicted octanol–water partition coefficient (Wildman–Crippen LogP) is 1.28. The molecule has 0 saturated carbocycles. The van der Waals surface area contributed by atoms with Crippen LogP contribution in [-0.2, 0) is 23.8 Å². The van der Waals surface area contributed by atoms with Crippen molar-refractivity contribution in [3.8, 4) is 0 Å². The van der Waals surface area contributed by atoms with Crippen molar-refractivity contribution in [3.63, 3.8) is 0 Å². The number of epoxide rings is 1. The summed E-state index contributed by atoms with van der Waals surface area (Å²) >= 11 is 0. The van der Waals surface area contributed by atoms with Gasteiger partial charge in [-0.2, -0.15) is 0 Å². The topological polar surface area (TPSA) is 85.4 Å². The lowest BCUT2D eigenvalue weighted by molar-refractivity contribution is -0.141. The molecule has 3 aliphatic rings. The minimum Gasteiger partial charge on any atom is -0.461 e. The Bertz CT molecular complexity index is 580. The number of esters is 2. The summed E-state index contributed by atoms with van der Waals surface area (Å²) in [5.41, 5.74) is 0.766. The monoisotopic (exact) mass is 322 g/mol. The van der Waals surface area contributed by atoms with Crippen LogP contribution in [-0.4, -0.2) is 47.6 Å². The molecule has 0 spiro atoms. The summed E-state index contributed by atoms with van der Waals surface area (Å²) in [7, 11) is 0. The number of rotatable bonds is 2. The maximum Gasteiger partial charge on any atom is 0.334 e. The molecule has 6 heteroatoms. The van der Waals surface area contributed by atoms with Crippen molar-refractivity contribution in [3.05, 3.63) is 23.8 Å². The third-order valence-corrected chi connectivity index (χ3v) is 4.93. The Morgan fingerprint density at radius 1 is 1.57 bits per heavy atom. The second-order valence-corrected chi connectivity index (χ2v) is 6.75. The van der Waals surface area contributed by atoms with Gasteiger partial charge in [0.1, 0.15) is 12.7 Å². The molecule has 0 unspecified atom stereocenters. The maximum atomic E-state index is 11.8. The Morgan fingerprint density at radius 3 is 3.00 bits per heavy atom. The van der Waals surface area contributed by atoms with Crippen molar-refractivity contribution in [1.82, 2.24) is 0 Å². The summed E-state index contributed by atoms with van der Waals surface area (Å²) in [6, 6.07) is 0. The first kappa shape index (κ1) is 16.2. The van der Waals surface area contributed by atoms with Gasteiger partial charge in [0.15, 0.2) is 0 Å². The zero-order valence-electron chi connectivity index (χ0n) is 13.4. The van der Waals surface area contributed by atoms with Gasteiger partial charge in [0.25, 0.3) is 0 Å². The molecule has 0 aromatic carbocycles. The van der Waals surface area contributed by atoms with Crippen molar-refractivity contribution >= 4 is 11.9 Å². The minimum absolute atomic E-state index is 0.0895. The minimum atomic E-state index is -0.900. The first-order valence-corrected chi connectivity index (χ1v) is 7.89. The Kier molecular flexibility index (Phi) is 4.06. The molecule has 2 aliphatic heterocycles. The second-order valence-electron chi connectivity index (χ2n) is 6.75. The van der Waals surface area contributed by atoms with Crippen molar-refractivity contribution in [2.75, 3.05) is 6.61 Å². The molecule has 0 aromatic rings. The van der Waals surface area contributed by atoms with E-state index in [9.17, 15) is 14.7 Å². The van der Waals surface area contributed by atoms with E-state index in [1.165, 1.54) is 6.92 Å². The Morgan fingerprint density at radius 2 is 2.30 bits per heavy atom. The van der Waals surface area contributed by atoms with Crippen LogP contribution in [0.15, 0.2) is 23.8 Å². The van der Waals surface area contributed by atoms with Crippen LogP contribution in [0.2, 0.25) is 0 Å². The van der Waals surface area contributed by atoms with Crippen molar-refractivity contribution in [2.24, 2.45) is 5.92 Å². The number of ether oxygens (including phenoxy) is 3. The molecule has 1 N–H and O–H groups in total. The molecule has 23 heavy (non-hydrogen) atoms. The molecular formula is C17H22O6. The van der Waals surface area contributed by atoms with E-state index in [1.54, 1.807) is 6.08 Å². The van der Waals surface area contributed by atoms with Crippen molar-refractivity contribution in [1.29, 1.82) is 0 Å². The molecule has 0 radical (unpaired) electrons. The summed E-state index contributed by atoms with van der Waals surface area (Å²) in [5, 5.41) is 10.6. The summed E-state index contributed by atoms with van der Waals surface area (Å²) in [6.45, 7) is 7.24. The van der Waals surface area contributed by atoms with Gasteiger partial charge in [-0.15, -0.1) is 0 Å². The van der Waals surface area contributed by atoms with Gasteiger partial charge in [0.05, 0.1) is 23.7 Å². The number of carbonyl (C=O) groups excluding carboxylic acids is 2. The summed E-state index contributed by atoms with van der Waals surface area (Å²) in [4.78, 5) is 22.9. The molecular weight excluding hydrogens is 300 g/mol. The highest BCUT2D eigenvalue weighted by Crippen LogP contribution is 2.47. The van der Waals surface area contributed by atoms with Crippen LogP contribution >= 0.6 is 0 Å². The van der Waals surface area contributed by atoms with E-state index in [0.29, 0.717) is 12.8 Å². The average Bonchev–Trinajstić information content (AvgIpc) is 3.01. The first-order valence-electron chi connectivity index (χ1n) is 7.89.